The van der Waals surface area contributed by atoms with Gasteiger partial charge in [0.2, 0.25) is 5.95 Å². The normalized spacial score (nSPS) is 9.69. The van der Waals surface area contributed by atoms with Gasteiger partial charge in [0.15, 0.2) is 0 Å². The van der Waals surface area contributed by atoms with E-state index < -0.39 is 0 Å². The van der Waals surface area contributed by atoms with Crippen LogP contribution in [0.5, 0.6) is 0 Å². The van der Waals surface area contributed by atoms with Crippen molar-refractivity contribution in [1.82, 2.24) is 9.97 Å². The van der Waals surface area contributed by atoms with Crippen LogP contribution >= 0.6 is 0 Å². The third-order valence-corrected chi connectivity index (χ3v) is 1.40. The van der Waals surface area contributed by atoms with Gasteiger partial charge in [0, 0.05) is 19.9 Å². The molecule has 6 nitrogen and oxygen atoms in total. The zero-order valence-corrected chi connectivity index (χ0v) is 7.45. The van der Waals surface area contributed by atoms with Crippen LogP contribution in [0.2, 0.25) is 0 Å². The van der Waals surface area contributed by atoms with Crippen molar-refractivity contribution in [3.05, 3.63) is 12.3 Å². The fraction of sp³-hybridized carbons (Fsp3) is 0.429. The molecule has 0 spiro atoms. The highest BCUT2D eigenvalue weighted by Gasteiger charge is 1.95. The Morgan fingerprint density at radius 2 is 2.46 bits per heavy atom. The van der Waals surface area contributed by atoms with Crippen LogP contribution in [0.15, 0.2) is 12.3 Å². The first kappa shape index (κ1) is 9.69. The van der Waals surface area contributed by atoms with Crippen molar-refractivity contribution in [1.29, 1.82) is 0 Å². The predicted molar refractivity (Wildman–Crippen MR) is 50.2 cm³/mol. The molecule has 4 N–H and O–H groups in total. The van der Waals surface area contributed by atoms with Crippen LogP contribution < -0.4 is 16.6 Å². The van der Waals surface area contributed by atoms with Crippen molar-refractivity contribution in [3.63, 3.8) is 0 Å². The van der Waals surface area contributed by atoms with E-state index in [1.54, 1.807) is 19.4 Å². The lowest BCUT2D eigenvalue weighted by atomic mass is 10.5. The topological polar surface area (TPSA) is 85.1 Å². The van der Waals surface area contributed by atoms with E-state index in [0.717, 1.165) is 5.82 Å². The number of hydrogen-bond acceptors (Lipinski definition) is 6. The Bertz CT molecular complexity index is 254. The number of nitrogens with zero attached hydrogens (tertiary/aromatic N) is 2. The van der Waals surface area contributed by atoms with E-state index in [9.17, 15) is 0 Å². The van der Waals surface area contributed by atoms with Gasteiger partial charge in [-0.1, -0.05) is 0 Å². The number of anilines is 2. The molecule has 1 aromatic heterocycles. The van der Waals surface area contributed by atoms with Crippen molar-refractivity contribution >= 4 is 11.8 Å². The fourth-order valence-electron chi connectivity index (χ4n) is 0.808. The summed E-state index contributed by atoms with van der Waals surface area (Å²) in [5, 5.41) is 3.05. The van der Waals surface area contributed by atoms with Gasteiger partial charge in [-0.3, -0.25) is 5.43 Å². The third kappa shape index (κ3) is 3.22. The number of hydrogen-bond donors (Lipinski definition) is 3. The monoisotopic (exact) mass is 183 g/mol. The standard InChI is InChI=1S/C7H13N5O/c1-13-5-4-9-6-2-3-10-7(11-6)12-8/h2-3H,4-5,8H2,1H3,(H2,9,10,11,12). The first-order chi connectivity index (χ1) is 6.36. The second-order valence-corrected chi connectivity index (χ2v) is 2.33. The van der Waals surface area contributed by atoms with Crippen LogP contribution in [0, 0.1) is 0 Å². The Morgan fingerprint density at radius 3 is 3.15 bits per heavy atom. The van der Waals surface area contributed by atoms with E-state index in [1.165, 1.54) is 0 Å². The molecule has 0 aliphatic rings. The first-order valence-electron chi connectivity index (χ1n) is 3.89. The van der Waals surface area contributed by atoms with Crippen molar-refractivity contribution in [2.24, 2.45) is 5.84 Å². The first-order valence-corrected chi connectivity index (χ1v) is 3.89. The van der Waals surface area contributed by atoms with E-state index in [4.69, 9.17) is 10.6 Å². The van der Waals surface area contributed by atoms with Crippen molar-refractivity contribution in [3.8, 4) is 0 Å². The lowest BCUT2D eigenvalue weighted by molar-refractivity contribution is 0.210. The smallest absolute Gasteiger partial charge is 0.239 e. The number of methoxy groups -OCH3 is 1. The summed E-state index contributed by atoms with van der Waals surface area (Å²) >= 11 is 0. The highest BCUT2D eigenvalue weighted by molar-refractivity contribution is 5.38. The van der Waals surface area contributed by atoms with E-state index in [0.29, 0.717) is 19.1 Å². The van der Waals surface area contributed by atoms with Gasteiger partial charge in [0.05, 0.1) is 6.61 Å². The fourth-order valence-corrected chi connectivity index (χ4v) is 0.808. The highest BCUT2D eigenvalue weighted by Crippen LogP contribution is 2.03. The summed E-state index contributed by atoms with van der Waals surface area (Å²) in [7, 11) is 1.65. The predicted octanol–water partition coefficient (Wildman–Crippen LogP) is -0.179. The molecule has 6 heteroatoms. The summed E-state index contributed by atoms with van der Waals surface area (Å²) < 4.78 is 4.87. The lowest BCUT2D eigenvalue weighted by Gasteiger charge is -2.05. The summed E-state index contributed by atoms with van der Waals surface area (Å²) in [5.74, 6) is 6.26. The number of hydrazine groups is 1. The maximum Gasteiger partial charge on any atom is 0.239 e. The quantitative estimate of drug-likeness (QED) is 0.333. The zero-order valence-electron chi connectivity index (χ0n) is 7.45. The molecule has 0 radical (unpaired) electrons. The lowest BCUT2D eigenvalue weighted by Crippen LogP contribution is -2.13. The molecule has 0 aromatic carbocycles. The van der Waals surface area contributed by atoms with Crippen LogP contribution in [0.1, 0.15) is 0 Å². The molecule has 0 bridgehead atoms. The largest absolute Gasteiger partial charge is 0.383 e. The summed E-state index contributed by atoms with van der Waals surface area (Å²) in [4.78, 5) is 7.92. The van der Waals surface area contributed by atoms with Crippen molar-refractivity contribution in [2.75, 3.05) is 31.0 Å². The number of nitrogens with one attached hydrogen (secondary N) is 2. The summed E-state index contributed by atoms with van der Waals surface area (Å²) in [6.07, 6.45) is 1.62. The number of nitrogen functional groups attached to an aromatic ring is 1. The van der Waals surface area contributed by atoms with Crippen LogP contribution in [-0.4, -0.2) is 30.2 Å². The van der Waals surface area contributed by atoms with Gasteiger partial charge >= 0.3 is 0 Å². The number of rotatable bonds is 5. The minimum atomic E-state index is 0.391. The molecule has 0 aliphatic heterocycles. The van der Waals surface area contributed by atoms with Crippen LogP contribution in [0.3, 0.4) is 0 Å². The molecular formula is C7H13N5O. The minimum Gasteiger partial charge on any atom is -0.383 e. The highest BCUT2D eigenvalue weighted by atomic mass is 16.5. The van der Waals surface area contributed by atoms with E-state index >= 15 is 0 Å². The van der Waals surface area contributed by atoms with Gasteiger partial charge in [-0.25, -0.2) is 10.8 Å². The average Bonchev–Trinajstić information content (AvgIpc) is 2.19. The second kappa shape index (κ2) is 5.28. The number of nitrogens with two attached hydrogens (primary N) is 1. The molecule has 1 rings (SSSR count). The van der Waals surface area contributed by atoms with Crippen molar-refractivity contribution < 1.29 is 4.74 Å². The molecule has 72 valence electrons. The summed E-state index contributed by atoms with van der Waals surface area (Å²) in [6.45, 7) is 1.34. The Balaban J connectivity index is 2.46. The van der Waals surface area contributed by atoms with Gasteiger partial charge in [0.25, 0.3) is 0 Å². The van der Waals surface area contributed by atoms with Gasteiger partial charge in [0.1, 0.15) is 5.82 Å². The van der Waals surface area contributed by atoms with E-state index in [-0.39, 0.29) is 0 Å². The maximum atomic E-state index is 5.15. The second-order valence-electron chi connectivity index (χ2n) is 2.33. The Morgan fingerprint density at radius 1 is 1.62 bits per heavy atom. The molecule has 0 fully saturated rings. The Labute approximate surface area is 76.5 Å². The van der Waals surface area contributed by atoms with Gasteiger partial charge in [-0.05, 0) is 6.07 Å². The zero-order chi connectivity index (χ0) is 9.52. The third-order valence-electron chi connectivity index (χ3n) is 1.40. The average molecular weight is 183 g/mol. The van der Waals surface area contributed by atoms with E-state index in [1.807, 2.05) is 0 Å². The molecule has 0 saturated carbocycles. The Kier molecular flexibility index (Phi) is 3.94. The molecule has 0 atom stereocenters. The van der Waals surface area contributed by atoms with Crippen LogP contribution in [0.4, 0.5) is 11.8 Å². The minimum absolute atomic E-state index is 0.391. The molecule has 0 saturated heterocycles. The van der Waals surface area contributed by atoms with Crippen molar-refractivity contribution in [2.45, 2.75) is 0 Å². The molecule has 0 unspecified atom stereocenters. The molecule has 13 heavy (non-hydrogen) atoms. The number of ether oxygens (including phenoxy) is 1. The number of aromatic nitrogens is 2. The van der Waals surface area contributed by atoms with Gasteiger partial charge < -0.3 is 10.1 Å². The van der Waals surface area contributed by atoms with Crippen LogP contribution in [0.25, 0.3) is 0 Å². The van der Waals surface area contributed by atoms with E-state index in [2.05, 4.69) is 20.7 Å². The van der Waals surface area contributed by atoms with Gasteiger partial charge in [-0.15, -0.1) is 0 Å². The molecular weight excluding hydrogens is 170 g/mol. The molecule has 0 amide bonds. The van der Waals surface area contributed by atoms with Gasteiger partial charge in [-0.2, -0.15) is 4.98 Å². The molecule has 1 heterocycles. The maximum absolute atomic E-state index is 5.15. The Hall–Kier alpha value is -1.40. The van der Waals surface area contributed by atoms with Crippen LogP contribution in [-0.2, 0) is 4.74 Å². The molecule has 1 aromatic rings. The molecule has 0 aliphatic carbocycles. The summed E-state index contributed by atoms with van der Waals surface area (Å²) in [6, 6.07) is 1.76. The summed E-state index contributed by atoms with van der Waals surface area (Å²) in [5.41, 5.74) is 2.36. The SMILES string of the molecule is COCCNc1ccnc(NN)n1.